The van der Waals surface area contributed by atoms with Crippen LogP contribution in [0.3, 0.4) is 0 Å². The Morgan fingerprint density at radius 1 is 1.47 bits per heavy atom. The van der Waals surface area contributed by atoms with Crippen molar-refractivity contribution >= 4 is 11.9 Å². The predicted octanol–water partition coefficient (Wildman–Crippen LogP) is 2.74. The van der Waals surface area contributed by atoms with Crippen molar-refractivity contribution in [1.29, 1.82) is 0 Å². The molecule has 1 rings (SSSR count). The molecule has 1 amide bonds. The molecular weight excluding hydrogens is 242 g/mol. The molecule has 0 aliphatic heterocycles. The first-order chi connectivity index (χ1) is 9.02. The molecule has 0 bridgehead atoms. The van der Waals surface area contributed by atoms with Crippen LogP contribution in [0.5, 0.6) is 0 Å². The largest absolute Gasteiger partial charge is 0.480 e. The summed E-state index contributed by atoms with van der Waals surface area (Å²) < 4.78 is 0. The highest BCUT2D eigenvalue weighted by Gasteiger charge is 2.24. The van der Waals surface area contributed by atoms with E-state index >= 15 is 0 Å². The number of allylic oxidation sites excluding steroid dienone is 1. The molecule has 0 heterocycles. The molecule has 3 atom stereocenters. The van der Waals surface area contributed by atoms with Gasteiger partial charge in [0.25, 0.3) is 0 Å². The third-order valence-electron chi connectivity index (χ3n) is 3.81. The van der Waals surface area contributed by atoms with Gasteiger partial charge in [-0.25, -0.2) is 4.79 Å². The second-order valence-electron chi connectivity index (χ2n) is 5.67. The lowest BCUT2D eigenvalue weighted by Crippen LogP contribution is -2.41. The van der Waals surface area contributed by atoms with Crippen LogP contribution >= 0.6 is 0 Å². The Balaban J connectivity index is 2.38. The number of amides is 1. The first-order valence-corrected chi connectivity index (χ1v) is 7.16. The molecule has 2 N–H and O–H groups in total. The number of nitrogens with one attached hydrogen (secondary N) is 1. The van der Waals surface area contributed by atoms with E-state index in [0.29, 0.717) is 31.1 Å². The SMILES string of the molecule is C=CCCC(NC(=O)CC1CCCC(C)C1)C(=O)O. The van der Waals surface area contributed by atoms with Gasteiger partial charge in [-0.15, -0.1) is 6.58 Å². The number of hydrogen-bond donors (Lipinski definition) is 2. The number of carboxylic acid groups (broad SMARTS) is 1. The molecule has 0 aromatic carbocycles. The van der Waals surface area contributed by atoms with Gasteiger partial charge in [0.05, 0.1) is 0 Å². The number of aliphatic carboxylic acids is 1. The molecule has 0 saturated heterocycles. The van der Waals surface area contributed by atoms with Gasteiger partial charge >= 0.3 is 5.97 Å². The molecule has 0 aromatic rings. The van der Waals surface area contributed by atoms with Crippen molar-refractivity contribution in [3.8, 4) is 0 Å². The van der Waals surface area contributed by atoms with E-state index in [2.05, 4.69) is 18.8 Å². The Morgan fingerprint density at radius 3 is 2.79 bits per heavy atom. The summed E-state index contributed by atoms with van der Waals surface area (Å²) in [6, 6.07) is -0.786. The molecule has 108 valence electrons. The minimum atomic E-state index is -0.966. The van der Waals surface area contributed by atoms with Crippen LogP contribution in [-0.4, -0.2) is 23.0 Å². The van der Waals surface area contributed by atoms with E-state index in [1.54, 1.807) is 6.08 Å². The minimum absolute atomic E-state index is 0.129. The summed E-state index contributed by atoms with van der Waals surface area (Å²) in [5.74, 6) is 0.00274. The maximum atomic E-state index is 11.9. The second kappa shape index (κ2) is 7.97. The summed E-state index contributed by atoms with van der Waals surface area (Å²) in [4.78, 5) is 22.9. The molecule has 1 aliphatic rings. The molecule has 0 radical (unpaired) electrons. The van der Waals surface area contributed by atoms with E-state index in [9.17, 15) is 9.59 Å². The third kappa shape index (κ3) is 5.90. The molecule has 0 spiro atoms. The highest BCUT2D eigenvalue weighted by Crippen LogP contribution is 2.30. The van der Waals surface area contributed by atoms with Crippen LogP contribution in [0.1, 0.15) is 51.9 Å². The van der Waals surface area contributed by atoms with Gasteiger partial charge < -0.3 is 10.4 Å². The van der Waals surface area contributed by atoms with Crippen molar-refractivity contribution in [2.75, 3.05) is 0 Å². The monoisotopic (exact) mass is 267 g/mol. The maximum absolute atomic E-state index is 11.9. The third-order valence-corrected chi connectivity index (χ3v) is 3.81. The van der Waals surface area contributed by atoms with Gasteiger partial charge in [0.2, 0.25) is 5.91 Å². The Bertz CT molecular complexity index is 327. The molecule has 1 saturated carbocycles. The molecule has 19 heavy (non-hydrogen) atoms. The minimum Gasteiger partial charge on any atom is -0.480 e. The zero-order valence-corrected chi connectivity index (χ0v) is 11.7. The topological polar surface area (TPSA) is 66.4 Å². The van der Waals surface area contributed by atoms with Crippen LogP contribution in [0.15, 0.2) is 12.7 Å². The van der Waals surface area contributed by atoms with Crippen LogP contribution in [0.2, 0.25) is 0 Å². The fourth-order valence-electron chi connectivity index (χ4n) is 2.80. The van der Waals surface area contributed by atoms with Gasteiger partial charge in [-0.05, 0) is 37.5 Å². The Hall–Kier alpha value is -1.32. The van der Waals surface area contributed by atoms with Gasteiger partial charge in [-0.1, -0.05) is 25.8 Å². The van der Waals surface area contributed by atoms with E-state index in [1.165, 1.54) is 12.8 Å². The lowest BCUT2D eigenvalue weighted by atomic mass is 9.81. The smallest absolute Gasteiger partial charge is 0.326 e. The number of rotatable bonds is 7. The molecule has 0 aromatic heterocycles. The van der Waals surface area contributed by atoms with Crippen LogP contribution in [-0.2, 0) is 9.59 Å². The van der Waals surface area contributed by atoms with E-state index in [4.69, 9.17) is 5.11 Å². The second-order valence-corrected chi connectivity index (χ2v) is 5.67. The summed E-state index contributed by atoms with van der Waals surface area (Å²) >= 11 is 0. The highest BCUT2D eigenvalue weighted by molar-refractivity contribution is 5.83. The molecule has 4 nitrogen and oxygen atoms in total. The Kier molecular flexibility index (Phi) is 6.60. The summed E-state index contributed by atoms with van der Waals surface area (Å²) in [5, 5.41) is 11.7. The summed E-state index contributed by atoms with van der Waals surface area (Å²) in [7, 11) is 0. The van der Waals surface area contributed by atoms with Gasteiger partial charge in [0.15, 0.2) is 0 Å². The van der Waals surface area contributed by atoms with Crippen LogP contribution in [0, 0.1) is 11.8 Å². The number of carbonyl (C=O) groups is 2. The van der Waals surface area contributed by atoms with E-state index in [1.807, 2.05) is 0 Å². The predicted molar refractivity (Wildman–Crippen MR) is 74.7 cm³/mol. The van der Waals surface area contributed by atoms with Crippen molar-refractivity contribution in [3.05, 3.63) is 12.7 Å². The van der Waals surface area contributed by atoms with Crippen molar-refractivity contribution in [3.63, 3.8) is 0 Å². The zero-order chi connectivity index (χ0) is 14.3. The van der Waals surface area contributed by atoms with Crippen molar-refractivity contribution in [2.24, 2.45) is 11.8 Å². The first-order valence-electron chi connectivity index (χ1n) is 7.16. The maximum Gasteiger partial charge on any atom is 0.326 e. The van der Waals surface area contributed by atoms with Crippen LogP contribution < -0.4 is 5.32 Å². The molecular formula is C15H25NO3. The zero-order valence-electron chi connectivity index (χ0n) is 11.7. The normalized spacial score (nSPS) is 24.5. The van der Waals surface area contributed by atoms with Gasteiger partial charge in [0.1, 0.15) is 6.04 Å². The van der Waals surface area contributed by atoms with Crippen molar-refractivity contribution in [2.45, 2.75) is 57.9 Å². The quantitative estimate of drug-likeness (QED) is 0.697. The molecule has 1 fully saturated rings. The number of hydrogen-bond acceptors (Lipinski definition) is 2. The van der Waals surface area contributed by atoms with Crippen LogP contribution in [0.25, 0.3) is 0 Å². The fraction of sp³-hybridized carbons (Fsp3) is 0.733. The molecule has 3 unspecified atom stereocenters. The summed E-state index contributed by atoms with van der Waals surface area (Å²) in [6.45, 7) is 5.78. The number of carbonyl (C=O) groups excluding carboxylic acids is 1. The summed E-state index contributed by atoms with van der Waals surface area (Å²) in [5.41, 5.74) is 0. The fourth-order valence-corrected chi connectivity index (χ4v) is 2.80. The first kappa shape index (κ1) is 15.7. The molecule has 1 aliphatic carbocycles. The van der Waals surface area contributed by atoms with Gasteiger partial charge in [-0.2, -0.15) is 0 Å². The lowest BCUT2D eigenvalue weighted by Gasteiger charge is -2.26. The molecule has 4 heteroatoms. The lowest BCUT2D eigenvalue weighted by molar-refractivity contribution is -0.142. The Morgan fingerprint density at radius 2 is 2.21 bits per heavy atom. The highest BCUT2D eigenvalue weighted by atomic mass is 16.4. The average Bonchev–Trinajstić information content (AvgIpc) is 2.34. The Labute approximate surface area is 115 Å². The van der Waals surface area contributed by atoms with E-state index in [-0.39, 0.29) is 5.91 Å². The van der Waals surface area contributed by atoms with Crippen molar-refractivity contribution in [1.82, 2.24) is 5.32 Å². The van der Waals surface area contributed by atoms with Gasteiger partial charge in [0, 0.05) is 6.42 Å². The van der Waals surface area contributed by atoms with E-state index in [0.717, 1.165) is 12.8 Å². The van der Waals surface area contributed by atoms with Gasteiger partial charge in [-0.3, -0.25) is 4.79 Å². The average molecular weight is 267 g/mol. The number of carboxylic acids is 1. The van der Waals surface area contributed by atoms with E-state index < -0.39 is 12.0 Å². The summed E-state index contributed by atoms with van der Waals surface area (Å²) in [6.07, 6.45) is 7.73. The standard InChI is InChI=1S/C15H25NO3/c1-3-4-8-13(15(18)19)16-14(17)10-12-7-5-6-11(2)9-12/h3,11-13H,1,4-10H2,2H3,(H,16,17)(H,18,19). The van der Waals surface area contributed by atoms with Crippen molar-refractivity contribution < 1.29 is 14.7 Å². The van der Waals surface area contributed by atoms with Crippen LogP contribution in [0.4, 0.5) is 0 Å².